The molecule has 1 fully saturated rings. The molecule has 0 spiro atoms. The first-order valence-corrected chi connectivity index (χ1v) is 5.24. The Kier molecular flexibility index (Phi) is 2.81. The molecule has 0 radical (unpaired) electrons. The Bertz CT molecular complexity index is 451. The minimum absolute atomic E-state index is 0.0511. The summed E-state index contributed by atoms with van der Waals surface area (Å²) in [5, 5.41) is 22.2. The highest BCUT2D eigenvalue weighted by Crippen LogP contribution is 2.34. The molecule has 2 N–H and O–H groups in total. The van der Waals surface area contributed by atoms with Gasteiger partial charge in [-0.1, -0.05) is 0 Å². The van der Waals surface area contributed by atoms with Gasteiger partial charge in [-0.2, -0.15) is 0 Å². The van der Waals surface area contributed by atoms with Crippen molar-refractivity contribution in [3.8, 4) is 0 Å². The third kappa shape index (κ3) is 2.42. The van der Waals surface area contributed by atoms with Crippen molar-refractivity contribution in [1.82, 2.24) is 5.32 Å². The van der Waals surface area contributed by atoms with Crippen LogP contribution in [0.4, 0.5) is 5.69 Å². The molecule has 90 valence electrons. The van der Waals surface area contributed by atoms with E-state index in [2.05, 4.69) is 5.32 Å². The number of carbonyl (C=O) groups is 1. The van der Waals surface area contributed by atoms with Crippen LogP contribution >= 0.6 is 0 Å². The van der Waals surface area contributed by atoms with Crippen molar-refractivity contribution in [2.75, 3.05) is 6.61 Å². The van der Waals surface area contributed by atoms with Crippen LogP contribution in [0.1, 0.15) is 23.2 Å². The molecule has 1 amide bonds. The fourth-order valence-corrected chi connectivity index (χ4v) is 1.52. The first kappa shape index (κ1) is 11.5. The van der Waals surface area contributed by atoms with Gasteiger partial charge in [0.1, 0.15) is 0 Å². The lowest BCUT2D eigenvalue weighted by atomic mass is 10.1. The van der Waals surface area contributed by atoms with Gasteiger partial charge in [0.2, 0.25) is 0 Å². The summed E-state index contributed by atoms with van der Waals surface area (Å²) in [6.07, 6.45) is 1.53. The number of aliphatic hydroxyl groups excluding tert-OH is 1. The number of rotatable bonds is 4. The third-order valence-electron chi connectivity index (χ3n) is 2.88. The van der Waals surface area contributed by atoms with Gasteiger partial charge in [-0.15, -0.1) is 0 Å². The van der Waals surface area contributed by atoms with Crippen molar-refractivity contribution in [2.45, 2.75) is 18.4 Å². The molecule has 0 aliphatic heterocycles. The molecule has 0 unspecified atom stereocenters. The molecular formula is C11H12N2O4. The molecule has 1 aliphatic rings. The molecule has 17 heavy (non-hydrogen) atoms. The zero-order chi connectivity index (χ0) is 12.5. The smallest absolute Gasteiger partial charge is 0.269 e. The molecule has 1 aromatic carbocycles. The number of hydrogen-bond donors (Lipinski definition) is 2. The minimum Gasteiger partial charge on any atom is -0.394 e. The quantitative estimate of drug-likeness (QED) is 0.598. The summed E-state index contributed by atoms with van der Waals surface area (Å²) < 4.78 is 0. The predicted octanol–water partition coefficient (Wildman–Crippen LogP) is 0.849. The molecular weight excluding hydrogens is 224 g/mol. The number of nitro groups is 1. The van der Waals surface area contributed by atoms with E-state index in [9.17, 15) is 14.9 Å². The van der Waals surface area contributed by atoms with Gasteiger partial charge in [0.15, 0.2) is 0 Å². The summed E-state index contributed by atoms with van der Waals surface area (Å²) in [5.41, 5.74) is -0.168. The van der Waals surface area contributed by atoms with Gasteiger partial charge in [0.25, 0.3) is 11.6 Å². The summed E-state index contributed by atoms with van der Waals surface area (Å²) in [4.78, 5) is 21.7. The lowest BCUT2D eigenvalue weighted by Crippen LogP contribution is -2.39. The van der Waals surface area contributed by atoms with Crippen LogP contribution in [-0.4, -0.2) is 28.1 Å². The van der Waals surface area contributed by atoms with Crippen molar-refractivity contribution in [3.05, 3.63) is 39.9 Å². The maximum atomic E-state index is 11.7. The van der Waals surface area contributed by atoms with E-state index in [1.807, 2.05) is 0 Å². The molecule has 0 atom stereocenters. The van der Waals surface area contributed by atoms with Crippen molar-refractivity contribution in [3.63, 3.8) is 0 Å². The van der Waals surface area contributed by atoms with E-state index in [0.717, 1.165) is 12.8 Å². The SMILES string of the molecule is O=C(NC1(CO)CC1)c1ccc([N+](=O)[O-])cc1. The number of non-ortho nitro benzene ring substituents is 1. The Labute approximate surface area is 97.4 Å². The number of nitrogens with one attached hydrogen (secondary N) is 1. The third-order valence-corrected chi connectivity index (χ3v) is 2.88. The second-order valence-electron chi connectivity index (χ2n) is 4.20. The predicted molar refractivity (Wildman–Crippen MR) is 59.6 cm³/mol. The van der Waals surface area contributed by atoms with Gasteiger partial charge in [-0.05, 0) is 25.0 Å². The maximum absolute atomic E-state index is 11.7. The first-order valence-electron chi connectivity index (χ1n) is 5.24. The second kappa shape index (κ2) is 4.14. The van der Waals surface area contributed by atoms with Crippen molar-refractivity contribution in [2.24, 2.45) is 0 Å². The minimum atomic E-state index is -0.516. The summed E-state index contributed by atoms with van der Waals surface area (Å²) in [6.45, 7) is -0.0777. The Morgan fingerprint density at radius 1 is 1.41 bits per heavy atom. The van der Waals surface area contributed by atoms with Crippen LogP contribution in [0.15, 0.2) is 24.3 Å². The van der Waals surface area contributed by atoms with E-state index in [4.69, 9.17) is 5.11 Å². The Balaban J connectivity index is 2.07. The van der Waals surface area contributed by atoms with E-state index >= 15 is 0 Å². The number of hydrogen-bond acceptors (Lipinski definition) is 4. The van der Waals surface area contributed by atoms with Gasteiger partial charge in [0, 0.05) is 17.7 Å². The highest BCUT2D eigenvalue weighted by molar-refractivity contribution is 5.95. The molecule has 6 heteroatoms. The highest BCUT2D eigenvalue weighted by atomic mass is 16.6. The zero-order valence-electron chi connectivity index (χ0n) is 9.05. The number of amides is 1. The van der Waals surface area contributed by atoms with Crippen LogP contribution < -0.4 is 5.32 Å². The Morgan fingerprint density at radius 3 is 2.41 bits per heavy atom. The largest absolute Gasteiger partial charge is 0.394 e. The van der Waals surface area contributed by atoms with Gasteiger partial charge >= 0.3 is 0 Å². The first-order chi connectivity index (χ1) is 8.06. The van der Waals surface area contributed by atoms with Gasteiger partial charge in [0.05, 0.1) is 17.1 Å². The molecule has 1 aromatic rings. The summed E-state index contributed by atoms with van der Waals surface area (Å²) in [6, 6.07) is 5.38. The van der Waals surface area contributed by atoms with Crippen molar-refractivity contribution in [1.29, 1.82) is 0 Å². The molecule has 0 saturated heterocycles. The Morgan fingerprint density at radius 2 is 2.00 bits per heavy atom. The number of nitro benzene ring substituents is 1. The van der Waals surface area contributed by atoms with Gasteiger partial charge in [-0.3, -0.25) is 14.9 Å². The van der Waals surface area contributed by atoms with E-state index in [1.54, 1.807) is 0 Å². The normalized spacial score (nSPS) is 16.3. The molecule has 0 heterocycles. The van der Waals surface area contributed by atoms with Gasteiger partial charge in [-0.25, -0.2) is 0 Å². The molecule has 6 nitrogen and oxygen atoms in total. The van der Waals surface area contributed by atoms with Crippen LogP contribution in [0.3, 0.4) is 0 Å². The van der Waals surface area contributed by atoms with Crippen LogP contribution in [-0.2, 0) is 0 Å². The lowest BCUT2D eigenvalue weighted by Gasteiger charge is -2.13. The summed E-state index contributed by atoms with van der Waals surface area (Å²) in [7, 11) is 0. The Hall–Kier alpha value is -1.95. The number of nitrogens with zero attached hydrogens (tertiary/aromatic N) is 1. The van der Waals surface area contributed by atoms with Crippen LogP contribution in [0, 0.1) is 10.1 Å². The van der Waals surface area contributed by atoms with E-state index in [-0.39, 0.29) is 18.2 Å². The van der Waals surface area contributed by atoms with E-state index < -0.39 is 10.5 Å². The fraction of sp³-hybridized carbons (Fsp3) is 0.364. The molecule has 1 saturated carbocycles. The zero-order valence-corrected chi connectivity index (χ0v) is 9.05. The topological polar surface area (TPSA) is 92.5 Å². The molecule has 0 aromatic heterocycles. The maximum Gasteiger partial charge on any atom is 0.269 e. The van der Waals surface area contributed by atoms with Crippen LogP contribution in [0.25, 0.3) is 0 Å². The standard InChI is InChI=1S/C11H12N2O4/c14-7-11(5-6-11)12-10(15)8-1-3-9(4-2-8)13(16)17/h1-4,14H,5-7H2,(H,12,15). The highest BCUT2D eigenvalue weighted by Gasteiger charge is 2.43. The number of benzene rings is 1. The van der Waals surface area contributed by atoms with Crippen LogP contribution in [0.5, 0.6) is 0 Å². The average Bonchev–Trinajstić information content (AvgIpc) is 3.09. The molecule has 1 aliphatic carbocycles. The fourth-order valence-electron chi connectivity index (χ4n) is 1.52. The van der Waals surface area contributed by atoms with Gasteiger partial charge < -0.3 is 10.4 Å². The lowest BCUT2D eigenvalue weighted by molar-refractivity contribution is -0.384. The van der Waals surface area contributed by atoms with Crippen molar-refractivity contribution >= 4 is 11.6 Å². The van der Waals surface area contributed by atoms with Crippen LogP contribution in [0.2, 0.25) is 0 Å². The molecule has 2 rings (SSSR count). The molecule has 0 bridgehead atoms. The summed E-state index contributed by atoms with van der Waals surface area (Å²) in [5.74, 6) is -0.313. The van der Waals surface area contributed by atoms with Crippen molar-refractivity contribution < 1.29 is 14.8 Å². The van der Waals surface area contributed by atoms with E-state index in [1.165, 1.54) is 24.3 Å². The second-order valence-corrected chi connectivity index (χ2v) is 4.20. The summed E-state index contributed by atoms with van der Waals surface area (Å²) >= 11 is 0. The number of aliphatic hydroxyl groups is 1. The monoisotopic (exact) mass is 236 g/mol. The average molecular weight is 236 g/mol. The van der Waals surface area contributed by atoms with E-state index in [0.29, 0.717) is 5.56 Å². The number of carbonyl (C=O) groups excluding carboxylic acids is 1.